The summed E-state index contributed by atoms with van der Waals surface area (Å²) in [5, 5.41) is 2.98. The van der Waals surface area contributed by atoms with Crippen LogP contribution in [0.25, 0.3) is 10.4 Å². The maximum absolute atomic E-state index is 11.9. The largest absolute Gasteiger partial charge is 0.365 e. The van der Waals surface area contributed by atoms with Crippen LogP contribution in [-0.4, -0.2) is 11.9 Å². The number of fused-ring (bicyclic) bond motifs is 3. The van der Waals surface area contributed by atoms with Gasteiger partial charge in [0.15, 0.2) is 0 Å². The first kappa shape index (κ1) is 15.6. The van der Waals surface area contributed by atoms with Crippen molar-refractivity contribution in [2.75, 3.05) is 5.32 Å². The van der Waals surface area contributed by atoms with Gasteiger partial charge in [0.2, 0.25) is 0 Å². The molecule has 0 spiro atoms. The van der Waals surface area contributed by atoms with Crippen molar-refractivity contribution in [1.82, 2.24) is 0 Å². The average molecular weight is 329 g/mol. The van der Waals surface area contributed by atoms with E-state index in [1.807, 2.05) is 0 Å². The lowest BCUT2D eigenvalue weighted by atomic mass is 9.86. The Morgan fingerprint density at radius 2 is 1.96 bits per heavy atom. The number of primary amides is 2. The van der Waals surface area contributed by atoms with Crippen LogP contribution in [0.1, 0.15) is 46.8 Å². The van der Waals surface area contributed by atoms with E-state index < -0.39 is 11.9 Å². The highest BCUT2D eigenvalue weighted by molar-refractivity contribution is 7.20. The molecule has 0 fully saturated rings. The summed E-state index contributed by atoms with van der Waals surface area (Å²) in [4.78, 5) is 24.1. The van der Waals surface area contributed by atoms with E-state index in [1.54, 1.807) is 0 Å². The lowest BCUT2D eigenvalue weighted by Crippen LogP contribution is -2.22. The fraction of sp³-hybridized carbons (Fsp3) is 0.294. The molecule has 0 radical (unpaired) electrons. The molecule has 1 heterocycles. The van der Waals surface area contributed by atoms with Crippen molar-refractivity contribution in [3.05, 3.63) is 40.5 Å². The summed E-state index contributed by atoms with van der Waals surface area (Å²) in [6.07, 6.45) is 1.59. The second-order valence-electron chi connectivity index (χ2n) is 6.04. The second kappa shape index (κ2) is 5.70. The molecule has 23 heavy (non-hydrogen) atoms. The molecule has 0 saturated heterocycles. The molecule has 0 saturated carbocycles. The Hall–Kier alpha value is -2.34. The quantitative estimate of drug-likeness (QED) is 0.805. The molecule has 5 N–H and O–H groups in total. The van der Waals surface area contributed by atoms with Crippen molar-refractivity contribution in [3.8, 4) is 10.4 Å². The zero-order valence-corrected chi connectivity index (χ0v) is 13.9. The van der Waals surface area contributed by atoms with Gasteiger partial charge in [-0.2, -0.15) is 0 Å². The van der Waals surface area contributed by atoms with E-state index in [0.29, 0.717) is 16.5 Å². The first-order chi connectivity index (χ1) is 10.9. The zero-order valence-electron chi connectivity index (χ0n) is 13.1. The number of carbonyl (C=O) groups is 2. The maximum atomic E-state index is 11.9. The molecule has 1 aliphatic rings. The third-order valence-corrected chi connectivity index (χ3v) is 5.36. The van der Waals surface area contributed by atoms with Gasteiger partial charge in [0.05, 0.1) is 5.56 Å². The molecular weight excluding hydrogens is 310 g/mol. The average Bonchev–Trinajstić information content (AvgIpc) is 2.84. The Balaban J connectivity index is 2.20. The fourth-order valence-corrected chi connectivity index (χ4v) is 4.33. The highest BCUT2D eigenvalue weighted by Crippen LogP contribution is 2.45. The SMILES string of the molecule is CC(C)c1ccc2c(c1)-c1sc(NC(N)=O)c(C(N)=O)c1CC2. The van der Waals surface area contributed by atoms with E-state index in [-0.39, 0.29) is 0 Å². The van der Waals surface area contributed by atoms with Crippen molar-refractivity contribution in [2.24, 2.45) is 11.5 Å². The minimum Gasteiger partial charge on any atom is -0.365 e. The number of anilines is 1. The zero-order chi connectivity index (χ0) is 16.7. The van der Waals surface area contributed by atoms with Crippen LogP contribution in [0.2, 0.25) is 0 Å². The summed E-state index contributed by atoms with van der Waals surface area (Å²) in [6.45, 7) is 4.30. The van der Waals surface area contributed by atoms with Gasteiger partial charge >= 0.3 is 6.03 Å². The number of nitrogens with two attached hydrogens (primary N) is 2. The fourth-order valence-electron chi connectivity index (χ4n) is 3.02. The van der Waals surface area contributed by atoms with E-state index in [0.717, 1.165) is 28.8 Å². The van der Waals surface area contributed by atoms with Crippen LogP contribution in [0.15, 0.2) is 18.2 Å². The van der Waals surface area contributed by atoms with Crippen LogP contribution < -0.4 is 16.8 Å². The normalized spacial score (nSPS) is 12.7. The Morgan fingerprint density at radius 3 is 2.57 bits per heavy atom. The van der Waals surface area contributed by atoms with Gasteiger partial charge in [0, 0.05) is 4.88 Å². The lowest BCUT2D eigenvalue weighted by molar-refractivity contribution is 0.100. The van der Waals surface area contributed by atoms with Gasteiger partial charge in [0.1, 0.15) is 5.00 Å². The van der Waals surface area contributed by atoms with Crippen molar-refractivity contribution in [3.63, 3.8) is 0 Å². The highest BCUT2D eigenvalue weighted by atomic mass is 32.1. The van der Waals surface area contributed by atoms with E-state index in [9.17, 15) is 9.59 Å². The number of hydrogen-bond acceptors (Lipinski definition) is 3. The standard InChI is InChI=1S/C17H19N3O2S/c1-8(2)10-4-3-9-5-6-11-13(15(18)21)16(20-17(19)22)23-14(11)12(9)7-10/h3-4,7-8H,5-6H2,1-2H3,(H2,18,21)(H3,19,20,22). The van der Waals surface area contributed by atoms with E-state index >= 15 is 0 Å². The minimum atomic E-state index is -0.692. The summed E-state index contributed by atoms with van der Waals surface area (Å²) >= 11 is 1.37. The number of amides is 3. The summed E-state index contributed by atoms with van der Waals surface area (Å²) in [5.74, 6) is -0.112. The number of nitrogens with one attached hydrogen (secondary N) is 1. The molecule has 0 unspecified atom stereocenters. The highest BCUT2D eigenvalue weighted by Gasteiger charge is 2.27. The predicted octanol–water partition coefficient (Wildman–Crippen LogP) is 3.23. The Kier molecular flexibility index (Phi) is 3.85. The summed E-state index contributed by atoms with van der Waals surface area (Å²) < 4.78 is 0. The van der Waals surface area contributed by atoms with Crippen LogP contribution in [0, 0.1) is 0 Å². The van der Waals surface area contributed by atoms with E-state index in [1.165, 1.54) is 22.5 Å². The van der Waals surface area contributed by atoms with E-state index in [4.69, 9.17) is 11.5 Å². The lowest BCUT2D eigenvalue weighted by Gasteiger charge is -2.19. The molecule has 2 aromatic rings. The number of thiophene rings is 1. The molecule has 0 bridgehead atoms. The molecule has 6 heteroatoms. The minimum absolute atomic E-state index is 0.393. The first-order valence-corrected chi connectivity index (χ1v) is 8.35. The molecule has 3 amide bonds. The van der Waals surface area contributed by atoms with Crippen LogP contribution in [0.3, 0.4) is 0 Å². The van der Waals surface area contributed by atoms with Gasteiger partial charge in [-0.15, -0.1) is 11.3 Å². The summed E-state index contributed by atoms with van der Waals surface area (Å²) in [5.41, 5.74) is 15.7. The van der Waals surface area contributed by atoms with Crippen LogP contribution in [-0.2, 0) is 12.8 Å². The molecule has 1 aromatic carbocycles. The molecular formula is C17H19N3O2S. The molecule has 5 nitrogen and oxygen atoms in total. The van der Waals surface area contributed by atoms with Gasteiger partial charge in [-0.3, -0.25) is 10.1 Å². The number of carbonyl (C=O) groups excluding carboxylic acids is 2. The molecule has 0 atom stereocenters. The third kappa shape index (κ3) is 2.70. The van der Waals surface area contributed by atoms with Crippen molar-refractivity contribution in [1.29, 1.82) is 0 Å². The second-order valence-corrected chi connectivity index (χ2v) is 7.06. The third-order valence-electron chi connectivity index (χ3n) is 4.18. The van der Waals surface area contributed by atoms with Gasteiger partial charge < -0.3 is 11.5 Å². The topological polar surface area (TPSA) is 98.2 Å². The monoisotopic (exact) mass is 329 g/mol. The number of rotatable bonds is 3. The Morgan fingerprint density at radius 1 is 1.22 bits per heavy atom. The molecule has 0 aliphatic heterocycles. The molecule has 1 aliphatic carbocycles. The summed E-state index contributed by atoms with van der Waals surface area (Å²) in [7, 11) is 0. The van der Waals surface area contributed by atoms with Gasteiger partial charge in [0.25, 0.3) is 5.91 Å². The number of aryl methyl sites for hydroxylation is 1. The first-order valence-electron chi connectivity index (χ1n) is 7.53. The van der Waals surface area contributed by atoms with Crippen molar-refractivity contribution in [2.45, 2.75) is 32.6 Å². The van der Waals surface area contributed by atoms with E-state index in [2.05, 4.69) is 37.4 Å². The predicted molar refractivity (Wildman–Crippen MR) is 93.0 cm³/mol. The van der Waals surface area contributed by atoms with Crippen molar-refractivity contribution < 1.29 is 9.59 Å². The Bertz CT molecular complexity index is 808. The number of urea groups is 1. The molecule has 3 rings (SSSR count). The maximum Gasteiger partial charge on any atom is 0.317 e. The number of hydrogen-bond donors (Lipinski definition) is 3. The van der Waals surface area contributed by atoms with Crippen LogP contribution >= 0.6 is 11.3 Å². The number of benzene rings is 1. The van der Waals surface area contributed by atoms with Crippen LogP contribution in [0.5, 0.6) is 0 Å². The smallest absolute Gasteiger partial charge is 0.317 e. The van der Waals surface area contributed by atoms with Gasteiger partial charge in [-0.05, 0) is 47.1 Å². The van der Waals surface area contributed by atoms with Gasteiger partial charge in [-0.1, -0.05) is 26.0 Å². The van der Waals surface area contributed by atoms with Crippen LogP contribution in [0.4, 0.5) is 9.80 Å². The van der Waals surface area contributed by atoms with Gasteiger partial charge in [-0.25, -0.2) is 4.79 Å². The van der Waals surface area contributed by atoms with Crippen molar-refractivity contribution >= 4 is 28.3 Å². The Labute approximate surface area is 138 Å². The molecule has 120 valence electrons. The summed E-state index contributed by atoms with van der Waals surface area (Å²) in [6, 6.07) is 5.79. The molecule has 1 aromatic heterocycles.